The summed E-state index contributed by atoms with van der Waals surface area (Å²) in [6.45, 7) is 4.51. The molecule has 4 rings (SSSR count). The second-order valence-electron chi connectivity index (χ2n) is 7.02. The van der Waals surface area contributed by atoms with Gasteiger partial charge in [-0.1, -0.05) is 17.7 Å². The van der Waals surface area contributed by atoms with Gasteiger partial charge in [0.05, 0.1) is 29.8 Å². The first kappa shape index (κ1) is 20.7. The third-order valence-corrected chi connectivity index (χ3v) is 5.56. The minimum absolute atomic E-state index is 0.194. The van der Waals surface area contributed by atoms with Crippen LogP contribution >= 0.6 is 23.8 Å². The van der Waals surface area contributed by atoms with Gasteiger partial charge in [-0.25, -0.2) is 0 Å². The fourth-order valence-corrected chi connectivity index (χ4v) is 3.94. The van der Waals surface area contributed by atoms with E-state index in [-0.39, 0.29) is 16.2 Å². The van der Waals surface area contributed by atoms with Crippen molar-refractivity contribution >= 4 is 40.6 Å². The van der Waals surface area contributed by atoms with E-state index in [9.17, 15) is 9.59 Å². The van der Waals surface area contributed by atoms with E-state index < -0.39 is 0 Å². The molecule has 0 aliphatic carbocycles. The molecule has 156 valence electrons. The van der Waals surface area contributed by atoms with E-state index in [4.69, 9.17) is 28.6 Å². The Morgan fingerprint density at radius 3 is 2.80 bits per heavy atom. The highest BCUT2D eigenvalue weighted by molar-refractivity contribution is 7.71. The highest BCUT2D eigenvalue weighted by Crippen LogP contribution is 2.17. The van der Waals surface area contributed by atoms with Gasteiger partial charge in [-0.3, -0.25) is 19.1 Å². The summed E-state index contributed by atoms with van der Waals surface area (Å²) in [5.74, 6) is -0.194. The molecule has 1 fully saturated rings. The average Bonchev–Trinajstić information content (AvgIpc) is 2.74. The maximum Gasteiger partial charge on any atom is 0.266 e. The monoisotopic (exact) mass is 444 g/mol. The second-order valence-corrected chi connectivity index (χ2v) is 7.84. The van der Waals surface area contributed by atoms with Gasteiger partial charge in [0.1, 0.15) is 0 Å². The molecule has 1 aliphatic heterocycles. The van der Waals surface area contributed by atoms with Crippen LogP contribution < -0.4 is 10.9 Å². The predicted molar refractivity (Wildman–Crippen MR) is 119 cm³/mol. The smallest absolute Gasteiger partial charge is 0.266 e. The van der Waals surface area contributed by atoms with E-state index in [0.717, 1.165) is 32.8 Å². The van der Waals surface area contributed by atoms with Crippen LogP contribution in [0.15, 0.2) is 47.3 Å². The lowest BCUT2D eigenvalue weighted by Gasteiger charge is -2.26. The van der Waals surface area contributed by atoms with Gasteiger partial charge in [-0.2, -0.15) is 0 Å². The molecule has 2 heterocycles. The number of halogens is 1. The molecule has 0 spiro atoms. The molecule has 0 atom stereocenters. The molecule has 2 aromatic carbocycles. The number of H-pyrrole nitrogens is 1. The summed E-state index contributed by atoms with van der Waals surface area (Å²) in [4.78, 5) is 30.9. The number of hydrogen-bond donors (Lipinski definition) is 2. The lowest BCUT2D eigenvalue weighted by molar-refractivity contribution is 0.0383. The van der Waals surface area contributed by atoms with Crippen LogP contribution in [0.2, 0.25) is 5.02 Å². The molecule has 9 heteroatoms. The van der Waals surface area contributed by atoms with Crippen molar-refractivity contribution in [1.82, 2.24) is 19.8 Å². The predicted octanol–water partition coefficient (Wildman–Crippen LogP) is 2.76. The van der Waals surface area contributed by atoms with Crippen molar-refractivity contribution in [3.8, 4) is 5.69 Å². The maximum absolute atomic E-state index is 13.0. The molecule has 3 aromatic rings. The third-order valence-electron chi connectivity index (χ3n) is 5.04. The van der Waals surface area contributed by atoms with Crippen molar-refractivity contribution in [2.45, 2.75) is 0 Å². The average molecular weight is 445 g/mol. The Balaban J connectivity index is 1.56. The number of nitrogens with one attached hydrogen (secondary N) is 2. The largest absolute Gasteiger partial charge is 0.379 e. The summed E-state index contributed by atoms with van der Waals surface area (Å²) in [6, 6.07) is 11.8. The Morgan fingerprint density at radius 1 is 1.20 bits per heavy atom. The number of carbonyl (C=O) groups excluding carboxylic acids is 1. The van der Waals surface area contributed by atoms with Crippen molar-refractivity contribution in [2.24, 2.45) is 0 Å². The van der Waals surface area contributed by atoms with Gasteiger partial charge in [-0.15, -0.1) is 0 Å². The normalized spacial score (nSPS) is 14.7. The zero-order chi connectivity index (χ0) is 21.1. The number of nitrogens with zero attached hydrogens (tertiary/aromatic N) is 2. The minimum atomic E-state index is -0.268. The molecule has 1 amide bonds. The van der Waals surface area contributed by atoms with Crippen molar-refractivity contribution in [3.63, 3.8) is 0 Å². The highest BCUT2D eigenvalue weighted by atomic mass is 35.5. The van der Waals surface area contributed by atoms with Crippen LogP contribution in [0.5, 0.6) is 0 Å². The van der Waals surface area contributed by atoms with Crippen molar-refractivity contribution in [3.05, 3.63) is 68.2 Å². The SMILES string of the molecule is O=C(NCCN1CCOCC1)c1cccc(-n2c(=S)[nH]c3cc(Cl)ccc3c2=O)c1. The van der Waals surface area contributed by atoms with E-state index in [1.54, 1.807) is 42.5 Å². The number of aromatic nitrogens is 2. The Labute approximate surface area is 183 Å². The van der Waals surface area contributed by atoms with E-state index in [2.05, 4.69) is 15.2 Å². The number of morpholine rings is 1. The molecule has 0 radical (unpaired) electrons. The van der Waals surface area contributed by atoms with Gasteiger partial charge in [0.2, 0.25) is 0 Å². The fourth-order valence-electron chi connectivity index (χ4n) is 3.47. The van der Waals surface area contributed by atoms with Crippen LogP contribution in [0.1, 0.15) is 10.4 Å². The first-order chi connectivity index (χ1) is 14.5. The Bertz CT molecular complexity index is 1200. The Morgan fingerprint density at radius 2 is 2.00 bits per heavy atom. The topological polar surface area (TPSA) is 79.4 Å². The van der Waals surface area contributed by atoms with Crippen molar-refractivity contribution < 1.29 is 9.53 Å². The van der Waals surface area contributed by atoms with Gasteiger partial charge in [0.15, 0.2) is 4.77 Å². The zero-order valence-electron chi connectivity index (χ0n) is 16.2. The van der Waals surface area contributed by atoms with Crippen molar-refractivity contribution in [1.29, 1.82) is 0 Å². The van der Waals surface area contributed by atoms with E-state index in [1.165, 1.54) is 4.57 Å². The van der Waals surface area contributed by atoms with E-state index in [0.29, 0.717) is 33.7 Å². The highest BCUT2D eigenvalue weighted by Gasteiger charge is 2.13. The summed E-state index contributed by atoms with van der Waals surface area (Å²) >= 11 is 11.4. The van der Waals surface area contributed by atoms with Crippen LogP contribution in [0.25, 0.3) is 16.6 Å². The van der Waals surface area contributed by atoms with Crippen LogP contribution in [0.4, 0.5) is 0 Å². The maximum atomic E-state index is 13.0. The summed E-state index contributed by atoms with van der Waals surface area (Å²) in [7, 11) is 0. The Hall–Kier alpha value is -2.52. The van der Waals surface area contributed by atoms with Gasteiger partial charge in [0.25, 0.3) is 11.5 Å². The number of amides is 1. The molecule has 0 bridgehead atoms. The van der Waals surface area contributed by atoms with Crippen LogP contribution in [-0.4, -0.2) is 59.8 Å². The molecule has 7 nitrogen and oxygen atoms in total. The molecule has 2 N–H and O–H groups in total. The number of hydrogen-bond acceptors (Lipinski definition) is 5. The number of fused-ring (bicyclic) bond motifs is 1. The second kappa shape index (κ2) is 9.09. The molecular formula is C21H21ClN4O3S. The standard InChI is InChI=1S/C21H21ClN4O3S/c22-15-4-5-17-18(13-15)24-21(30)26(20(17)28)16-3-1-2-14(12-16)19(27)23-6-7-25-8-10-29-11-9-25/h1-5,12-13H,6-11H2,(H,23,27)(H,24,30). The fraction of sp³-hybridized carbons (Fsp3) is 0.286. The number of carbonyl (C=O) groups is 1. The van der Waals surface area contributed by atoms with Gasteiger partial charge >= 0.3 is 0 Å². The number of aromatic amines is 1. The van der Waals surface area contributed by atoms with E-state index in [1.807, 2.05) is 0 Å². The summed E-state index contributed by atoms with van der Waals surface area (Å²) < 4.78 is 6.95. The minimum Gasteiger partial charge on any atom is -0.379 e. The summed E-state index contributed by atoms with van der Waals surface area (Å²) in [6.07, 6.45) is 0. The Kier molecular flexibility index (Phi) is 6.29. The molecule has 0 saturated carbocycles. The van der Waals surface area contributed by atoms with Crippen LogP contribution in [0.3, 0.4) is 0 Å². The summed E-state index contributed by atoms with van der Waals surface area (Å²) in [5, 5.41) is 3.91. The van der Waals surface area contributed by atoms with Crippen molar-refractivity contribution in [2.75, 3.05) is 39.4 Å². The first-order valence-corrected chi connectivity index (χ1v) is 10.4. The molecule has 1 aliphatic rings. The quantitative estimate of drug-likeness (QED) is 0.591. The molecular weight excluding hydrogens is 424 g/mol. The molecule has 1 aromatic heterocycles. The zero-order valence-corrected chi connectivity index (χ0v) is 17.8. The molecule has 0 unspecified atom stereocenters. The third kappa shape index (κ3) is 4.46. The number of rotatable bonds is 5. The summed E-state index contributed by atoms with van der Waals surface area (Å²) in [5.41, 5.74) is 1.30. The van der Waals surface area contributed by atoms with Gasteiger partial charge < -0.3 is 15.0 Å². The van der Waals surface area contributed by atoms with Crippen LogP contribution in [-0.2, 0) is 4.74 Å². The first-order valence-electron chi connectivity index (χ1n) is 9.66. The van der Waals surface area contributed by atoms with Gasteiger partial charge in [-0.05, 0) is 48.6 Å². The molecule has 1 saturated heterocycles. The lowest BCUT2D eigenvalue weighted by atomic mass is 10.1. The molecule has 30 heavy (non-hydrogen) atoms. The number of benzene rings is 2. The van der Waals surface area contributed by atoms with Gasteiger partial charge in [0, 0.05) is 36.8 Å². The lowest BCUT2D eigenvalue weighted by Crippen LogP contribution is -2.41. The van der Waals surface area contributed by atoms with E-state index >= 15 is 0 Å². The van der Waals surface area contributed by atoms with Crippen LogP contribution in [0, 0.1) is 4.77 Å². The number of ether oxygens (including phenoxy) is 1.